The van der Waals surface area contributed by atoms with E-state index in [4.69, 9.17) is 4.74 Å². The Labute approximate surface area is 88.1 Å². The number of H-pyrrole nitrogens is 1. The number of fused-ring (bicyclic) bond motifs is 1. The highest BCUT2D eigenvalue weighted by Gasteiger charge is 2.09. The molecule has 1 heterocycles. The number of nitrogens with one attached hydrogen (secondary N) is 1. The van der Waals surface area contributed by atoms with Gasteiger partial charge in [-0.05, 0) is 18.1 Å². The number of aromatic nitrogens is 1. The van der Waals surface area contributed by atoms with Crippen LogP contribution in [0, 0.1) is 5.82 Å². The van der Waals surface area contributed by atoms with Crippen LogP contribution >= 0.6 is 0 Å². The van der Waals surface area contributed by atoms with Gasteiger partial charge in [0, 0.05) is 22.7 Å². The van der Waals surface area contributed by atoms with Crippen molar-refractivity contribution < 1.29 is 9.13 Å². The quantitative estimate of drug-likeness (QED) is 0.801. The second kappa shape index (κ2) is 3.57. The van der Waals surface area contributed by atoms with Gasteiger partial charge in [0.2, 0.25) is 0 Å². The lowest BCUT2D eigenvalue weighted by Gasteiger charge is -2.00. The third kappa shape index (κ3) is 1.69. The largest absolute Gasteiger partial charge is 0.494 e. The number of rotatable bonds is 2. The predicted octanol–water partition coefficient (Wildman–Crippen LogP) is 3.44. The Morgan fingerprint density at radius 3 is 2.60 bits per heavy atom. The number of benzene rings is 1. The van der Waals surface area contributed by atoms with Crippen molar-refractivity contribution in [3.63, 3.8) is 0 Å². The summed E-state index contributed by atoms with van der Waals surface area (Å²) in [4.78, 5) is 3.25. The number of methoxy groups -OCH3 is 1. The highest BCUT2D eigenvalue weighted by molar-refractivity contribution is 5.82. The van der Waals surface area contributed by atoms with E-state index in [2.05, 4.69) is 18.8 Å². The summed E-state index contributed by atoms with van der Waals surface area (Å²) >= 11 is 0. The Hall–Kier alpha value is -1.51. The molecule has 0 atom stereocenters. The van der Waals surface area contributed by atoms with Gasteiger partial charge >= 0.3 is 0 Å². The molecule has 1 aromatic heterocycles. The van der Waals surface area contributed by atoms with E-state index >= 15 is 0 Å². The smallest absolute Gasteiger partial charge is 0.165 e. The van der Waals surface area contributed by atoms with E-state index in [1.165, 1.54) is 13.2 Å². The minimum atomic E-state index is -0.320. The third-order valence-electron chi connectivity index (χ3n) is 2.54. The van der Waals surface area contributed by atoms with Crippen LogP contribution in [0.2, 0.25) is 0 Å². The minimum absolute atomic E-state index is 0.277. The van der Waals surface area contributed by atoms with E-state index in [9.17, 15) is 4.39 Å². The summed E-state index contributed by atoms with van der Waals surface area (Å²) in [6.07, 6.45) is 0. The fourth-order valence-corrected chi connectivity index (χ4v) is 1.62. The molecule has 1 aromatic carbocycles. The van der Waals surface area contributed by atoms with Gasteiger partial charge in [-0.1, -0.05) is 13.8 Å². The van der Waals surface area contributed by atoms with Crippen LogP contribution in [0.25, 0.3) is 10.9 Å². The van der Waals surface area contributed by atoms with Crippen LogP contribution in [0.1, 0.15) is 25.5 Å². The van der Waals surface area contributed by atoms with Gasteiger partial charge in [0.1, 0.15) is 0 Å². The molecule has 0 radical (unpaired) electrons. The fourth-order valence-electron chi connectivity index (χ4n) is 1.62. The van der Waals surface area contributed by atoms with Crippen molar-refractivity contribution in [3.05, 3.63) is 29.7 Å². The summed E-state index contributed by atoms with van der Waals surface area (Å²) in [5, 5.41) is 0.886. The molecular weight excluding hydrogens is 193 g/mol. The molecule has 1 N–H and O–H groups in total. The summed E-state index contributed by atoms with van der Waals surface area (Å²) in [7, 11) is 1.47. The fraction of sp³-hybridized carbons (Fsp3) is 0.333. The van der Waals surface area contributed by atoms with Gasteiger partial charge in [-0.15, -0.1) is 0 Å². The lowest BCUT2D eigenvalue weighted by Crippen LogP contribution is -1.87. The van der Waals surface area contributed by atoms with Gasteiger partial charge < -0.3 is 9.72 Å². The van der Waals surface area contributed by atoms with E-state index in [-0.39, 0.29) is 11.6 Å². The molecule has 2 rings (SSSR count). The van der Waals surface area contributed by atoms with Crippen LogP contribution in [0.4, 0.5) is 4.39 Å². The second-order valence-corrected chi connectivity index (χ2v) is 3.95. The maximum Gasteiger partial charge on any atom is 0.165 e. The Balaban J connectivity index is 2.61. The van der Waals surface area contributed by atoms with Crippen LogP contribution in [0.5, 0.6) is 5.75 Å². The molecule has 15 heavy (non-hydrogen) atoms. The lowest BCUT2D eigenvalue weighted by atomic mass is 10.1. The van der Waals surface area contributed by atoms with Crippen LogP contribution in [0.15, 0.2) is 18.2 Å². The van der Waals surface area contributed by atoms with E-state index in [0.717, 1.165) is 16.6 Å². The van der Waals surface area contributed by atoms with Crippen molar-refractivity contribution in [1.29, 1.82) is 0 Å². The zero-order valence-corrected chi connectivity index (χ0v) is 9.10. The highest BCUT2D eigenvalue weighted by atomic mass is 19.1. The molecule has 0 spiro atoms. The van der Waals surface area contributed by atoms with Gasteiger partial charge in [0.15, 0.2) is 11.6 Å². The first kappa shape index (κ1) is 10.0. The van der Waals surface area contributed by atoms with Gasteiger partial charge in [-0.3, -0.25) is 0 Å². The van der Waals surface area contributed by atoms with Crippen LogP contribution in [-0.4, -0.2) is 12.1 Å². The summed E-state index contributed by atoms with van der Waals surface area (Å²) < 4.78 is 18.3. The molecule has 0 amide bonds. The lowest BCUT2D eigenvalue weighted by molar-refractivity contribution is 0.387. The summed E-state index contributed by atoms with van der Waals surface area (Å²) in [6, 6.07) is 5.16. The van der Waals surface area contributed by atoms with Crippen molar-refractivity contribution in [2.75, 3.05) is 7.11 Å². The molecule has 0 saturated carbocycles. The maximum absolute atomic E-state index is 13.4. The first-order chi connectivity index (χ1) is 7.11. The Morgan fingerprint density at radius 1 is 1.27 bits per heavy atom. The summed E-state index contributed by atoms with van der Waals surface area (Å²) in [5.41, 5.74) is 2.02. The molecule has 0 unspecified atom stereocenters. The minimum Gasteiger partial charge on any atom is -0.494 e. The molecule has 0 fully saturated rings. The number of ether oxygens (including phenoxy) is 1. The summed E-state index contributed by atoms with van der Waals surface area (Å²) in [5.74, 6) is 0.366. The van der Waals surface area contributed by atoms with Crippen LogP contribution in [-0.2, 0) is 0 Å². The first-order valence-corrected chi connectivity index (χ1v) is 4.98. The molecule has 0 aliphatic heterocycles. The molecule has 0 bridgehead atoms. The first-order valence-electron chi connectivity index (χ1n) is 4.98. The zero-order chi connectivity index (χ0) is 11.0. The van der Waals surface area contributed by atoms with E-state index in [0.29, 0.717) is 5.92 Å². The monoisotopic (exact) mass is 207 g/mol. The van der Waals surface area contributed by atoms with Crippen molar-refractivity contribution >= 4 is 10.9 Å². The third-order valence-corrected chi connectivity index (χ3v) is 2.54. The van der Waals surface area contributed by atoms with Crippen molar-refractivity contribution in [3.8, 4) is 5.75 Å². The molecule has 2 nitrogen and oxygen atoms in total. The molecule has 0 aliphatic rings. The molecule has 80 valence electrons. The Kier molecular flexibility index (Phi) is 2.39. The van der Waals surface area contributed by atoms with Gasteiger partial charge in [-0.25, -0.2) is 4.39 Å². The molecule has 0 aliphatic carbocycles. The topological polar surface area (TPSA) is 25.0 Å². The maximum atomic E-state index is 13.4. The van der Waals surface area contributed by atoms with Crippen LogP contribution < -0.4 is 4.74 Å². The van der Waals surface area contributed by atoms with E-state index in [1.807, 2.05) is 6.07 Å². The zero-order valence-electron chi connectivity index (χ0n) is 9.10. The van der Waals surface area contributed by atoms with E-state index < -0.39 is 0 Å². The number of hydrogen-bond acceptors (Lipinski definition) is 1. The van der Waals surface area contributed by atoms with Crippen molar-refractivity contribution in [2.45, 2.75) is 19.8 Å². The molecular formula is C12H14FNO. The standard InChI is InChI=1S/C12H14FNO/c1-7(2)10-5-8-4-9(13)12(15-3)6-11(8)14-10/h4-7,14H,1-3H3. The highest BCUT2D eigenvalue weighted by Crippen LogP contribution is 2.27. The number of hydrogen-bond donors (Lipinski definition) is 1. The Morgan fingerprint density at radius 2 is 2.00 bits per heavy atom. The molecule has 0 saturated heterocycles. The molecule has 2 aromatic rings. The summed E-state index contributed by atoms with van der Waals surface area (Å²) in [6.45, 7) is 4.19. The van der Waals surface area contributed by atoms with Crippen molar-refractivity contribution in [1.82, 2.24) is 4.98 Å². The average Bonchev–Trinajstić information content (AvgIpc) is 2.59. The van der Waals surface area contributed by atoms with Crippen molar-refractivity contribution in [2.24, 2.45) is 0 Å². The predicted molar refractivity (Wildman–Crippen MR) is 58.9 cm³/mol. The van der Waals surface area contributed by atoms with Gasteiger partial charge in [0.05, 0.1) is 7.11 Å². The number of aromatic amines is 1. The second-order valence-electron chi connectivity index (χ2n) is 3.95. The molecule has 3 heteroatoms. The normalized spacial score (nSPS) is 11.3. The Bertz CT molecular complexity index is 488. The SMILES string of the molecule is COc1cc2[nH]c(C(C)C)cc2cc1F. The van der Waals surface area contributed by atoms with Crippen LogP contribution in [0.3, 0.4) is 0 Å². The van der Waals surface area contributed by atoms with E-state index in [1.54, 1.807) is 6.07 Å². The van der Waals surface area contributed by atoms with Gasteiger partial charge in [0.25, 0.3) is 0 Å². The van der Waals surface area contributed by atoms with Gasteiger partial charge in [-0.2, -0.15) is 0 Å². The number of halogens is 1. The average molecular weight is 207 g/mol.